The Balaban J connectivity index is 2.31. The number of likely N-dealkylation sites (N-methyl/N-ethyl adjacent to an activating group) is 7. The number of carbonyl (C=O) groups is 11. The highest BCUT2D eigenvalue weighted by molar-refractivity contribution is 6.01. The van der Waals surface area contributed by atoms with Gasteiger partial charge < -0.3 is 76.2 Å². The van der Waals surface area contributed by atoms with E-state index >= 15 is 19.2 Å². The van der Waals surface area contributed by atoms with Gasteiger partial charge in [-0.05, 0) is 87.4 Å². The van der Waals surface area contributed by atoms with Crippen LogP contribution in [0.5, 0.6) is 0 Å². The zero-order valence-electron chi connectivity index (χ0n) is 59.3. The maximum atomic E-state index is 15.4. The predicted molar refractivity (Wildman–Crippen MR) is 352 cm³/mol. The van der Waals surface area contributed by atoms with Crippen molar-refractivity contribution < 1.29 is 68.1 Å². The Bertz CT molecular complexity index is 2790. The van der Waals surface area contributed by atoms with Crippen LogP contribution in [0.1, 0.15) is 149 Å². The quantitative estimate of drug-likeness (QED) is 0.114. The molecule has 3 rings (SSSR count). The molecule has 1 fully saturated rings. The molecule has 3 heterocycles. The summed E-state index contributed by atoms with van der Waals surface area (Å²) >= 11 is 0. The van der Waals surface area contributed by atoms with Gasteiger partial charge in [-0.3, -0.25) is 52.7 Å². The normalized spacial score (nSPS) is 28.4. The predicted octanol–water partition coefficient (Wildman–Crippen LogP) is 1.27. The van der Waals surface area contributed by atoms with Crippen LogP contribution in [0, 0.1) is 41.4 Å². The van der Waals surface area contributed by atoms with Gasteiger partial charge in [0.2, 0.25) is 70.9 Å². The summed E-state index contributed by atoms with van der Waals surface area (Å²) in [4.78, 5) is 182. The number of fused-ring (bicyclic) bond motifs is 1. The maximum Gasteiger partial charge on any atom is 0.314 e. The third kappa shape index (κ3) is 20.8. The van der Waals surface area contributed by atoms with Gasteiger partial charge in [0.25, 0.3) is 0 Å². The first kappa shape index (κ1) is 79.8. The Hall–Kier alpha value is -7.46. The lowest BCUT2D eigenvalue weighted by Gasteiger charge is -2.41. The van der Waals surface area contributed by atoms with E-state index in [0.717, 1.165) is 9.80 Å². The highest BCUT2D eigenvalue weighted by Gasteiger charge is 2.47. The molecule has 0 spiro atoms. The first-order valence-electron chi connectivity index (χ1n) is 32.6. The number of hydrogen-bond donors (Lipinski definition) is 8. The summed E-state index contributed by atoms with van der Waals surface area (Å²) in [7, 11) is 9.66. The number of carbonyl (C=O) groups excluding carboxylic acids is 11. The molecule has 0 aromatic heterocycles. The Kier molecular flexibility index (Phi) is 29.7. The third-order valence-electron chi connectivity index (χ3n) is 17.5. The number of aliphatic imine (C=N–C) groups is 3. The Morgan fingerprint density at radius 2 is 0.925 bits per heavy atom. The highest BCUT2D eigenvalue weighted by atomic mass is 16.3. The topological polar surface area (TPSA) is 368 Å². The number of nitrogens with zero attached hydrogens (tertiary/aromatic N) is 10. The van der Waals surface area contributed by atoms with E-state index in [1.165, 1.54) is 87.7 Å². The lowest BCUT2D eigenvalue weighted by molar-refractivity contribution is -0.157. The lowest BCUT2D eigenvalue weighted by atomic mass is 9.91. The third-order valence-corrected chi connectivity index (χ3v) is 17.5. The second-order valence-corrected chi connectivity index (χ2v) is 28.0. The summed E-state index contributed by atoms with van der Waals surface area (Å²) in [6, 6.07) is -14.6. The van der Waals surface area contributed by atoms with E-state index in [1.807, 2.05) is 55.4 Å². The van der Waals surface area contributed by atoms with Crippen LogP contribution < -0.4 is 26.6 Å². The molecule has 0 radical (unpaired) electrons. The molecule has 526 valence electrons. The first-order chi connectivity index (χ1) is 43.0. The second-order valence-electron chi connectivity index (χ2n) is 28.0. The van der Waals surface area contributed by atoms with E-state index < -0.39 is 180 Å². The molecule has 0 bridgehead atoms. The van der Waals surface area contributed by atoms with E-state index in [2.05, 4.69) is 41.6 Å². The summed E-state index contributed by atoms with van der Waals surface area (Å²) in [5.41, 5.74) is 0. The summed E-state index contributed by atoms with van der Waals surface area (Å²) in [5.74, 6) is -11.2. The fraction of sp³-hybridized carbons (Fsp3) is 0.781. The number of amides is 11. The number of nitrogens with one attached hydrogen (secondary N) is 5. The molecule has 11 amide bonds. The van der Waals surface area contributed by atoms with Crippen molar-refractivity contribution in [2.24, 2.45) is 56.4 Å². The Morgan fingerprint density at radius 1 is 0.473 bits per heavy atom. The van der Waals surface area contributed by atoms with Crippen molar-refractivity contribution >= 4 is 82.7 Å². The van der Waals surface area contributed by atoms with Crippen molar-refractivity contribution in [1.29, 1.82) is 0 Å². The van der Waals surface area contributed by atoms with Gasteiger partial charge in [-0.25, -0.2) is 9.98 Å². The van der Waals surface area contributed by atoms with Crippen molar-refractivity contribution in [1.82, 2.24) is 60.9 Å². The Labute approximate surface area is 550 Å². The molecule has 29 heteroatoms. The van der Waals surface area contributed by atoms with Crippen molar-refractivity contribution in [3.63, 3.8) is 0 Å². The van der Waals surface area contributed by atoms with Gasteiger partial charge >= 0.3 is 6.02 Å². The van der Waals surface area contributed by atoms with Crippen molar-refractivity contribution in [2.45, 2.75) is 228 Å². The average molecular weight is 1310 g/mol. The van der Waals surface area contributed by atoms with E-state index in [9.17, 15) is 48.9 Å². The fourth-order valence-corrected chi connectivity index (χ4v) is 11.9. The smallest absolute Gasteiger partial charge is 0.314 e. The number of aliphatic hydroxyl groups excluding tert-OH is 3. The zero-order valence-corrected chi connectivity index (χ0v) is 59.3. The molecule has 0 aromatic rings. The SMILES string of the molecule is CC[C@@H]1NC(=O)[C@H]([C@H](O)[C@H](C)CC2=NC3N=C(O)N=C(O)C3N2)N(C)C(=O)[C@H](C(C)C)N(C)C(=O)[C@H](CC(C)C)N(C)C(=O)[C@H](CC(C)C)N(C)C(=O)[C@@H](C)NC(=O)[C@H](C)NC(=O)[C@H](CC(C)C)N(C)C(=O)[C@H](C(C)C)NC(=O)[C@H](CC(C)C)N(C)C(=O)CN(C)C1=O. The average Bonchev–Trinajstić information content (AvgIpc) is 1.71. The second kappa shape index (κ2) is 34.6. The first-order valence-corrected chi connectivity index (χ1v) is 32.6. The molecule has 29 nitrogen and oxygen atoms in total. The molecule has 8 N–H and O–H groups in total. The molecule has 0 aliphatic carbocycles. The van der Waals surface area contributed by atoms with Crippen LogP contribution in [-0.2, 0) is 52.7 Å². The van der Waals surface area contributed by atoms with Crippen LogP contribution in [0.25, 0.3) is 0 Å². The minimum atomic E-state index is -1.80. The minimum absolute atomic E-state index is 0.0571. The molecule has 0 saturated carbocycles. The number of rotatable bonds is 15. The van der Waals surface area contributed by atoms with Crippen molar-refractivity contribution in [3.05, 3.63) is 0 Å². The largest absolute Gasteiger partial charge is 0.495 e. The molecule has 3 aliphatic heterocycles. The minimum Gasteiger partial charge on any atom is -0.495 e. The van der Waals surface area contributed by atoms with Crippen molar-refractivity contribution in [2.75, 3.05) is 55.9 Å². The van der Waals surface area contributed by atoms with Gasteiger partial charge in [0, 0.05) is 55.8 Å². The number of hydrogen-bond acceptors (Lipinski definition) is 16. The van der Waals surface area contributed by atoms with E-state index in [4.69, 9.17) is 0 Å². The molecule has 3 aliphatic rings. The van der Waals surface area contributed by atoms with Gasteiger partial charge in [0.05, 0.1) is 12.6 Å². The van der Waals surface area contributed by atoms with Crippen molar-refractivity contribution in [3.8, 4) is 0 Å². The van der Waals surface area contributed by atoms with E-state index in [-0.39, 0.29) is 68.0 Å². The standard InChI is InChI=1S/C64H111N15O14/c1-24-40-59(88)73(17)30-46(80)74(18)41(25-31(2)3)55(84)70-47(35(10)11)62(91)75(19)42(26-32(4)5)54(83)65-38(15)53(82)66-39(16)58(87)76(20)43(27-33(6)7)60(89)77(21)44(28-34(8)9)61(90)78(22)49(36(12)13)63(92)79(23)50(57(86)67-40)51(81)37(14)29-45-68-48-52(69-45)71-64(93)72-56(48)85/h31-44,47-52,81H,24-30H2,1-23H3,(H,65,83)(H,66,82)(H,67,86)(H,68,69)(H,70,84)(H2,71,72,85,93)/t37-,38+,39-,40+,41+,42+,43+,44+,47+,48?,49+,50+,51-,52?/m1/s1. The van der Waals surface area contributed by atoms with Crippen LogP contribution in [0.3, 0.4) is 0 Å². The van der Waals surface area contributed by atoms with Crippen LogP contribution >= 0.6 is 0 Å². The summed E-state index contributed by atoms with van der Waals surface area (Å²) in [5, 5.41) is 46.9. The van der Waals surface area contributed by atoms with Gasteiger partial charge in [0.1, 0.15) is 72.3 Å². The summed E-state index contributed by atoms with van der Waals surface area (Å²) in [6.45, 7) is 27.0. The summed E-state index contributed by atoms with van der Waals surface area (Å²) in [6.07, 6.45) is -2.45. The van der Waals surface area contributed by atoms with Gasteiger partial charge in [0.15, 0.2) is 6.17 Å². The van der Waals surface area contributed by atoms with Gasteiger partial charge in [-0.2, -0.15) is 4.99 Å². The molecule has 0 aromatic carbocycles. The van der Waals surface area contributed by atoms with E-state index in [0.29, 0.717) is 0 Å². The van der Waals surface area contributed by atoms with Crippen LogP contribution in [0.4, 0.5) is 0 Å². The van der Waals surface area contributed by atoms with Crippen LogP contribution in [0.15, 0.2) is 15.0 Å². The number of amidine groups is 2. The van der Waals surface area contributed by atoms with Gasteiger partial charge in [-0.15, -0.1) is 0 Å². The molecular formula is C64H111N15O14. The summed E-state index contributed by atoms with van der Waals surface area (Å²) < 4.78 is 0. The Morgan fingerprint density at radius 3 is 1.42 bits per heavy atom. The highest BCUT2D eigenvalue weighted by Crippen LogP contribution is 2.27. The van der Waals surface area contributed by atoms with Crippen LogP contribution in [-0.4, -0.2) is 267 Å². The van der Waals surface area contributed by atoms with Crippen LogP contribution in [0.2, 0.25) is 0 Å². The number of aliphatic hydroxyl groups is 3. The molecular weight excluding hydrogens is 1200 g/mol. The molecule has 14 atom stereocenters. The molecule has 2 unspecified atom stereocenters. The molecule has 1 saturated heterocycles. The lowest BCUT2D eigenvalue weighted by Crippen LogP contribution is -2.63. The monoisotopic (exact) mass is 1310 g/mol. The maximum absolute atomic E-state index is 15.4. The zero-order chi connectivity index (χ0) is 71.3. The molecule has 93 heavy (non-hydrogen) atoms. The fourth-order valence-electron chi connectivity index (χ4n) is 11.9. The van der Waals surface area contributed by atoms with E-state index in [1.54, 1.807) is 41.5 Å². The van der Waals surface area contributed by atoms with Gasteiger partial charge in [-0.1, -0.05) is 96.9 Å².